The molecule has 122 valence electrons. The lowest BCUT2D eigenvalue weighted by molar-refractivity contribution is 0.620. The molecule has 4 atom stereocenters. The monoisotopic (exact) mass is 282 g/mol. The Morgan fingerprint density at radius 3 is 1.30 bits per heavy atom. The number of rotatable bonds is 3. The fourth-order valence-corrected chi connectivity index (χ4v) is 1.78. The largest absolute Gasteiger partial charge is 0.0919 e. The quantitative estimate of drug-likeness (QED) is 0.470. The molecule has 20 heavy (non-hydrogen) atoms. The number of hydrogen-bond donors (Lipinski definition) is 0. The van der Waals surface area contributed by atoms with Crippen molar-refractivity contribution in [3.63, 3.8) is 0 Å². The Balaban J connectivity index is 0. The highest BCUT2D eigenvalue weighted by molar-refractivity contribution is 4.81. The van der Waals surface area contributed by atoms with Gasteiger partial charge >= 0.3 is 0 Å². The Labute approximate surface area is 130 Å². The third-order valence-corrected chi connectivity index (χ3v) is 4.05. The highest BCUT2D eigenvalue weighted by Crippen LogP contribution is 2.41. The molecule has 0 saturated heterocycles. The predicted molar refractivity (Wildman–Crippen MR) is 96.2 cm³/mol. The summed E-state index contributed by atoms with van der Waals surface area (Å²) in [6.07, 6.45) is 12.6. The first-order valence-corrected chi connectivity index (χ1v) is 9.05. The second-order valence-corrected chi connectivity index (χ2v) is 6.68. The van der Waals surface area contributed by atoms with Crippen molar-refractivity contribution in [3.8, 4) is 0 Å². The molecular weight excluding hydrogens is 240 g/mol. The zero-order chi connectivity index (χ0) is 16.0. The molecule has 0 aromatic carbocycles. The van der Waals surface area contributed by atoms with Gasteiger partial charge in [0.15, 0.2) is 0 Å². The molecule has 0 spiro atoms. The zero-order valence-electron chi connectivity index (χ0n) is 15.7. The van der Waals surface area contributed by atoms with Crippen LogP contribution in [-0.2, 0) is 0 Å². The van der Waals surface area contributed by atoms with Crippen LogP contribution in [0.1, 0.15) is 93.9 Å². The predicted octanol–water partition coefficient (Wildman–Crippen LogP) is 7.49. The molecule has 0 N–H and O–H groups in total. The maximum absolute atomic E-state index is 2.36. The van der Waals surface area contributed by atoms with E-state index in [1.54, 1.807) is 0 Å². The highest BCUT2D eigenvalue weighted by atomic mass is 14.4. The Hall–Kier alpha value is -0.260. The maximum Gasteiger partial charge on any atom is -0.0386 e. The average molecular weight is 283 g/mol. The standard InChI is InChI=1S/C8H16.C5H10.C4H8.C3H8/c1-3-4-5-8-6-7(8)2;1-4-3-5(4)2;1-3-4-2;1-3-2/h7-8H,3-6H2,1-2H3;4-5H,3H2,1-2H3;3-4H,1-2H3;3H2,1-2H3/b;;4-3+;. The second kappa shape index (κ2) is 15.1. The van der Waals surface area contributed by atoms with E-state index in [4.69, 9.17) is 0 Å². The molecule has 0 bridgehead atoms. The van der Waals surface area contributed by atoms with E-state index < -0.39 is 0 Å². The average Bonchev–Trinajstić information content (AvgIpc) is 3.30. The number of allylic oxidation sites excluding steroid dienone is 2. The summed E-state index contributed by atoms with van der Waals surface area (Å²) in [5.41, 5.74) is 0. The van der Waals surface area contributed by atoms with Crippen molar-refractivity contribution < 1.29 is 0 Å². The highest BCUT2D eigenvalue weighted by Gasteiger charge is 2.30. The minimum atomic E-state index is 1.05. The number of hydrogen-bond acceptors (Lipinski definition) is 0. The molecule has 0 radical (unpaired) electrons. The van der Waals surface area contributed by atoms with Crippen LogP contribution in [0.2, 0.25) is 0 Å². The van der Waals surface area contributed by atoms with Crippen molar-refractivity contribution in [3.05, 3.63) is 12.2 Å². The topological polar surface area (TPSA) is 0 Å². The molecule has 2 rings (SSSR count). The first kappa shape index (κ1) is 22.0. The minimum Gasteiger partial charge on any atom is -0.0919 e. The van der Waals surface area contributed by atoms with Gasteiger partial charge in [-0.1, -0.05) is 79.4 Å². The van der Waals surface area contributed by atoms with E-state index in [1.165, 1.54) is 38.5 Å². The van der Waals surface area contributed by atoms with Crippen LogP contribution in [0.5, 0.6) is 0 Å². The zero-order valence-corrected chi connectivity index (χ0v) is 15.7. The maximum atomic E-state index is 2.36. The van der Waals surface area contributed by atoms with E-state index in [1.807, 2.05) is 26.0 Å². The molecule has 2 aliphatic carbocycles. The van der Waals surface area contributed by atoms with E-state index in [0.29, 0.717) is 0 Å². The third-order valence-electron chi connectivity index (χ3n) is 4.05. The molecule has 0 heteroatoms. The van der Waals surface area contributed by atoms with Crippen LogP contribution >= 0.6 is 0 Å². The van der Waals surface area contributed by atoms with Gasteiger partial charge in [0.05, 0.1) is 0 Å². The van der Waals surface area contributed by atoms with E-state index in [9.17, 15) is 0 Å². The van der Waals surface area contributed by atoms with Gasteiger partial charge in [0, 0.05) is 0 Å². The van der Waals surface area contributed by atoms with Crippen molar-refractivity contribution >= 4 is 0 Å². The van der Waals surface area contributed by atoms with Gasteiger partial charge in [-0.2, -0.15) is 0 Å². The first-order chi connectivity index (χ1) is 9.48. The Morgan fingerprint density at radius 1 is 0.800 bits per heavy atom. The molecule has 2 fully saturated rings. The van der Waals surface area contributed by atoms with Crippen LogP contribution in [-0.4, -0.2) is 0 Å². The summed E-state index contributed by atoms with van der Waals surface area (Å²) in [7, 11) is 0. The lowest BCUT2D eigenvalue weighted by Gasteiger charge is -1.91. The Morgan fingerprint density at radius 2 is 1.15 bits per heavy atom. The second-order valence-electron chi connectivity index (χ2n) is 6.68. The van der Waals surface area contributed by atoms with Crippen molar-refractivity contribution in [2.24, 2.45) is 23.7 Å². The lowest BCUT2D eigenvalue weighted by atomic mass is 10.2. The van der Waals surface area contributed by atoms with Crippen molar-refractivity contribution in [2.75, 3.05) is 0 Å². The van der Waals surface area contributed by atoms with Gasteiger partial charge in [0.2, 0.25) is 0 Å². The van der Waals surface area contributed by atoms with E-state index in [2.05, 4.69) is 41.5 Å². The van der Waals surface area contributed by atoms with Gasteiger partial charge in [-0.05, 0) is 50.4 Å². The summed E-state index contributed by atoms with van der Waals surface area (Å²) < 4.78 is 0. The van der Waals surface area contributed by atoms with Gasteiger partial charge in [-0.15, -0.1) is 0 Å². The fraction of sp³-hybridized carbons (Fsp3) is 0.900. The molecule has 0 aromatic rings. The smallest absolute Gasteiger partial charge is 0.0386 e. The molecule has 0 heterocycles. The van der Waals surface area contributed by atoms with Gasteiger partial charge in [0.25, 0.3) is 0 Å². The molecule has 0 nitrogen and oxygen atoms in total. The molecule has 4 unspecified atom stereocenters. The van der Waals surface area contributed by atoms with Crippen LogP contribution in [0.3, 0.4) is 0 Å². The number of unbranched alkanes of at least 4 members (excludes halogenated alkanes) is 1. The molecule has 0 amide bonds. The molecule has 2 saturated carbocycles. The minimum absolute atomic E-state index is 1.05. The Bertz CT molecular complexity index is 194. The van der Waals surface area contributed by atoms with Gasteiger partial charge < -0.3 is 0 Å². The van der Waals surface area contributed by atoms with Crippen molar-refractivity contribution in [2.45, 2.75) is 93.9 Å². The molecule has 0 aromatic heterocycles. The lowest BCUT2D eigenvalue weighted by Crippen LogP contribution is -1.77. The van der Waals surface area contributed by atoms with Gasteiger partial charge in [-0.25, -0.2) is 0 Å². The van der Waals surface area contributed by atoms with Crippen LogP contribution in [0.4, 0.5) is 0 Å². The molecular formula is C20H42. The SMILES string of the molecule is C/C=C/C.CC1CC1C.CCC.CCCCC1CC1C. The van der Waals surface area contributed by atoms with E-state index in [-0.39, 0.29) is 0 Å². The van der Waals surface area contributed by atoms with Crippen molar-refractivity contribution in [1.82, 2.24) is 0 Å². The van der Waals surface area contributed by atoms with E-state index >= 15 is 0 Å². The molecule has 2 aliphatic rings. The normalized spacial score (nSPS) is 29.2. The summed E-state index contributed by atoms with van der Waals surface area (Å²) in [6, 6.07) is 0. The summed E-state index contributed by atoms with van der Waals surface area (Å²) >= 11 is 0. The van der Waals surface area contributed by atoms with E-state index in [0.717, 1.165) is 23.7 Å². The third kappa shape index (κ3) is 17.7. The summed E-state index contributed by atoms with van der Waals surface area (Å²) in [4.78, 5) is 0. The summed E-state index contributed by atoms with van der Waals surface area (Å²) in [5.74, 6) is 4.29. The van der Waals surface area contributed by atoms with Crippen molar-refractivity contribution in [1.29, 1.82) is 0 Å². The Kier molecular flexibility index (Phi) is 16.7. The fourth-order valence-electron chi connectivity index (χ4n) is 1.78. The summed E-state index contributed by atoms with van der Waals surface area (Å²) in [5, 5.41) is 0. The van der Waals surface area contributed by atoms with Gasteiger partial charge in [-0.3, -0.25) is 0 Å². The van der Waals surface area contributed by atoms with Crippen LogP contribution in [0.15, 0.2) is 12.2 Å². The van der Waals surface area contributed by atoms with Crippen LogP contribution in [0, 0.1) is 23.7 Å². The molecule has 0 aliphatic heterocycles. The van der Waals surface area contributed by atoms with Gasteiger partial charge in [0.1, 0.15) is 0 Å². The first-order valence-electron chi connectivity index (χ1n) is 9.05. The van der Waals surface area contributed by atoms with Crippen LogP contribution in [0.25, 0.3) is 0 Å². The summed E-state index contributed by atoms with van der Waals surface area (Å²) in [6.45, 7) is 17.5. The van der Waals surface area contributed by atoms with Crippen LogP contribution < -0.4 is 0 Å².